The number of carbonyl (C=O) groups excluding carboxylic acids is 1. The lowest BCUT2D eigenvalue weighted by atomic mass is 10.1. The van der Waals surface area contributed by atoms with Crippen LogP contribution in [0.4, 0.5) is 11.4 Å². The van der Waals surface area contributed by atoms with Crippen LogP contribution in [0.3, 0.4) is 0 Å². The summed E-state index contributed by atoms with van der Waals surface area (Å²) in [5.74, 6) is 0.00574. The van der Waals surface area contributed by atoms with E-state index in [1.165, 1.54) is 0 Å². The van der Waals surface area contributed by atoms with Gasteiger partial charge in [-0.3, -0.25) is 4.79 Å². The fraction of sp³-hybridized carbons (Fsp3) is 0.100. The molecule has 1 aromatic carbocycles. The summed E-state index contributed by atoms with van der Waals surface area (Å²) in [5.41, 5.74) is 2.89. The number of nitrogens with one attached hydrogen (secondary N) is 3. The second kappa shape index (κ2) is 2.51. The van der Waals surface area contributed by atoms with E-state index in [9.17, 15) is 4.79 Å². The zero-order valence-corrected chi connectivity index (χ0v) is 7.42. The molecule has 0 spiro atoms. The SMILES string of the molecule is O=C1CNc2ccc3[nH]ccc3c2N1. The van der Waals surface area contributed by atoms with Gasteiger partial charge in [0, 0.05) is 17.1 Å². The van der Waals surface area contributed by atoms with E-state index in [0.29, 0.717) is 6.54 Å². The quantitative estimate of drug-likeness (QED) is 0.585. The Balaban J connectivity index is 2.31. The van der Waals surface area contributed by atoms with E-state index in [2.05, 4.69) is 15.6 Å². The predicted molar refractivity (Wildman–Crippen MR) is 55.4 cm³/mol. The van der Waals surface area contributed by atoms with Gasteiger partial charge in [-0.25, -0.2) is 0 Å². The van der Waals surface area contributed by atoms with Gasteiger partial charge in [-0.1, -0.05) is 0 Å². The van der Waals surface area contributed by atoms with Crippen molar-refractivity contribution < 1.29 is 4.79 Å². The van der Waals surface area contributed by atoms with Crippen molar-refractivity contribution in [3.05, 3.63) is 24.4 Å². The summed E-state index contributed by atoms with van der Waals surface area (Å²) < 4.78 is 0. The zero-order chi connectivity index (χ0) is 9.54. The minimum Gasteiger partial charge on any atom is -0.374 e. The van der Waals surface area contributed by atoms with Crippen molar-refractivity contribution in [1.82, 2.24) is 4.98 Å². The van der Waals surface area contributed by atoms with Gasteiger partial charge in [-0.2, -0.15) is 0 Å². The lowest BCUT2D eigenvalue weighted by Crippen LogP contribution is -2.27. The van der Waals surface area contributed by atoms with Crippen LogP contribution in [-0.2, 0) is 4.79 Å². The maximum Gasteiger partial charge on any atom is 0.243 e. The third-order valence-electron chi connectivity index (χ3n) is 2.44. The zero-order valence-electron chi connectivity index (χ0n) is 7.42. The molecule has 2 heterocycles. The van der Waals surface area contributed by atoms with Crippen LogP contribution in [0.15, 0.2) is 24.4 Å². The van der Waals surface area contributed by atoms with Crippen LogP contribution in [-0.4, -0.2) is 17.4 Å². The number of amides is 1. The fourth-order valence-corrected chi connectivity index (χ4v) is 1.77. The van der Waals surface area contributed by atoms with Gasteiger partial charge in [0.1, 0.15) is 0 Å². The summed E-state index contributed by atoms with van der Waals surface area (Å²) in [6, 6.07) is 5.92. The third-order valence-corrected chi connectivity index (χ3v) is 2.44. The van der Waals surface area contributed by atoms with Crippen LogP contribution in [0.1, 0.15) is 0 Å². The maximum atomic E-state index is 11.2. The molecule has 1 aliphatic heterocycles. The molecule has 0 saturated carbocycles. The van der Waals surface area contributed by atoms with Crippen molar-refractivity contribution in [2.75, 3.05) is 17.2 Å². The molecule has 0 radical (unpaired) electrons. The number of hydrogen-bond acceptors (Lipinski definition) is 2. The molecule has 0 unspecified atom stereocenters. The average Bonchev–Trinajstić information content (AvgIpc) is 2.65. The highest BCUT2D eigenvalue weighted by Crippen LogP contribution is 2.32. The van der Waals surface area contributed by atoms with Crippen molar-refractivity contribution in [1.29, 1.82) is 0 Å². The monoisotopic (exact) mass is 187 g/mol. The number of rotatable bonds is 0. The highest BCUT2D eigenvalue weighted by Gasteiger charge is 2.16. The first kappa shape index (κ1) is 7.44. The van der Waals surface area contributed by atoms with Crippen LogP contribution < -0.4 is 10.6 Å². The van der Waals surface area contributed by atoms with Crippen LogP contribution >= 0.6 is 0 Å². The Kier molecular flexibility index (Phi) is 1.33. The van der Waals surface area contributed by atoms with E-state index < -0.39 is 0 Å². The average molecular weight is 187 g/mol. The first-order valence-electron chi connectivity index (χ1n) is 4.48. The highest BCUT2D eigenvalue weighted by molar-refractivity contribution is 6.10. The molecule has 70 valence electrons. The molecule has 0 saturated heterocycles. The second-order valence-corrected chi connectivity index (χ2v) is 3.33. The van der Waals surface area contributed by atoms with Gasteiger partial charge >= 0.3 is 0 Å². The number of anilines is 2. The summed E-state index contributed by atoms with van der Waals surface area (Å²) in [4.78, 5) is 14.3. The highest BCUT2D eigenvalue weighted by atomic mass is 16.2. The number of aromatic nitrogens is 1. The summed E-state index contributed by atoms with van der Waals surface area (Å²) in [6.45, 7) is 0.350. The van der Waals surface area contributed by atoms with Crippen molar-refractivity contribution >= 4 is 28.2 Å². The molecule has 3 rings (SSSR count). The number of H-pyrrole nitrogens is 1. The van der Waals surface area contributed by atoms with Crippen LogP contribution in [0.25, 0.3) is 10.9 Å². The number of benzene rings is 1. The largest absolute Gasteiger partial charge is 0.374 e. The van der Waals surface area contributed by atoms with E-state index in [1.54, 1.807) is 0 Å². The molecule has 1 aromatic heterocycles. The smallest absolute Gasteiger partial charge is 0.243 e. The third kappa shape index (κ3) is 0.907. The Morgan fingerprint density at radius 1 is 1.21 bits per heavy atom. The minimum atomic E-state index is 0.00574. The molecule has 1 amide bonds. The van der Waals surface area contributed by atoms with Crippen molar-refractivity contribution in [2.24, 2.45) is 0 Å². The first-order valence-corrected chi connectivity index (χ1v) is 4.48. The van der Waals surface area contributed by atoms with Gasteiger partial charge in [0.05, 0.1) is 17.9 Å². The number of fused-ring (bicyclic) bond motifs is 3. The molecule has 14 heavy (non-hydrogen) atoms. The van der Waals surface area contributed by atoms with Crippen molar-refractivity contribution in [3.8, 4) is 0 Å². The Morgan fingerprint density at radius 3 is 3.07 bits per heavy atom. The van der Waals surface area contributed by atoms with Gasteiger partial charge in [0.2, 0.25) is 5.91 Å². The first-order chi connectivity index (χ1) is 6.84. The van der Waals surface area contributed by atoms with Gasteiger partial charge in [-0.15, -0.1) is 0 Å². The molecule has 2 aromatic rings. The normalized spacial score (nSPS) is 14.7. The maximum absolute atomic E-state index is 11.2. The summed E-state index contributed by atoms with van der Waals surface area (Å²) in [5, 5.41) is 6.98. The minimum absolute atomic E-state index is 0.00574. The standard InChI is InChI=1S/C10H9N3O/c14-9-5-12-8-2-1-7-6(3-4-11-7)10(8)13-9/h1-4,11-12H,5H2,(H,13,14). The molecule has 0 aliphatic carbocycles. The molecular weight excluding hydrogens is 178 g/mol. The van der Waals surface area contributed by atoms with E-state index in [-0.39, 0.29) is 5.91 Å². The molecular formula is C10H9N3O. The van der Waals surface area contributed by atoms with E-state index >= 15 is 0 Å². The molecule has 3 N–H and O–H groups in total. The van der Waals surface area contributed by atoms with Crippen LogP contribution in [0.5, 0.6) is 0 Å². The fourth-order valence-electron chi connectivity index (χ4n) is 1.77. The van der Waals surface area contributed by atoms with E-state index in [4.69, 9.17) is 0 Å². The Bertz CT molecular complexity index is 515. The van der Waals surface area contributed by atoms with Crippen LogP contribution in [0, 0.1) is 0 Å². The second-order valence-electron chi connectivity index (χ2n) is 3.33. The summed E-state index contributed by atoms with van der Waals surface area (Å²) in [7, 11) is 0. The summed E-state index contributed by atoms with van der Waals surface area (Å²) >= 11 is 0. The van der Waals surface area contributed by atoms with Gasteiger partial charge in [0.25, 0.3) is 0 Å². The number of carbonyl (C=O) groups is 1. The Morgan fingerprint density at radius 2 is 2.14 bits per heavy atom. The van der Waals surface area contributed by atoms with Crippen molar-refractivity contribution in [3.63, 3.8) is 0 Å². The summed E-state index contributed by atoms with van der Waals surface area (Å²) in [6.07, 6.45) is 1.87. The van der Waals surface area contributed by atoms with E-state index in [1.807, 2.05) is 24.4 Å². The van der Waals surface area contributed by atoms with Gasteiger partial charge < -0.3 is 15.6 Å². The molecule has 1 aliphatic rings. The van der Waals surface area contributed by atoms with E-state index in [0.717, 1.165) is 22.3 Å². The number of hydrogen-bond donors (Lipinski definition) is 3. The molecule has 4 nitrogen and oxygen atoms in total. The van der Waals surface area contributed by atoms with Crippen molar-refractivity contribution in [2.45, 2.75) is 0 Å². The Labute approximate surface area is 80.3 Å². The van der Waals surface area contributed by atoms with Gasteiger partial charge in [-0.05, 0) is 18.2 Å². The Hall–Kier alpha value is -1.97. The number of aromatic amines is 1. The molecule has 0 fully saturated rings. The van der Waals surface area contributed by atoms with Crippen LogP contribution in [0.2, 0.25) is 0 Å². The predicted octanol–water partition coefficient (Wildman–Crippen LogP) is 1.53. The lowest BCUT2D eigenvalue weighted by molar-refractivity contribution is -0.114. The van der Waals surface area contributed by atoms with Gasteiger partial charge in [0.15, 0.2) is 0 Å². The molecule has 0 atom stereocenters. The molecule has 4 heteroatoms. The molecule has 0 bridgehead atoms. The lowest BCUT2D eigenvalue weighted by Gasteiger charge is -2.19. The topological polar surface area (TPSA) is 56.9 Å².